The normalized spacial score (nSPS) is 13.5. The number of hydrogen-bond acceptors (Lipinski definition) is 3. The number of carbonyl (C=O) groups excluding carboxylic acids is 1. The molecule has 1 atom stereocenters. The number of aromatic nitrogens is 1. The molecule has 114 valence electrons. The third kappa shape index (κ3) is 4.08. The van der Waals surface area contributed by atoms with Crippen molar-refractivity contribution in [2.24, 2.45) is 11.1 Å². The van der Waals surface area contributed by atoms with Crippen LogP contribution in [0.4, 0.5) is 0 Å². The van der Waals surface area contributed by atoms with E-state index < -0.39 is 10.0 Å². The maximum Gasteiger partial charge on any atom is 0.267 e. The molecule has 0 radical (unpaired) electrons. The highest BCUT2D eigenvalue weighted by atomic mass is 32.2. The zero-order chi connectivity index (χ0) is 15.5. The molecule has 1 aromatic heterocycles. The van der Waals surface area contributed by atoms with Gasteiger partial charge in [-0.25, -0.2) is 13.6 Å². The summed E-state index contributed by atoms with van der Waals surface area (Å²) >= 11 is 0. The van der Waals surface area contributed by atoms with E-state index in [0.717, 1.165) is 6.42 Å². The zero-order valence-electron chi connectivity index (χ0n) is 12.4. The van der Waals surface area contributed by atoms with Crippen LogP contribution in [0.5, 0.6) is 0 Å². The molecule has 7 heteroatoms. The first-order valence-electron chi connectivity index (χ1n) is 6.69. The molecule has 20 heavy (non-hydrogen) atoms. The molecule has 3 N–H and O–H groups in total. The summed E-state index contributed by atoms with van der Waals surface area (Å²) < 4.78 is 24.4. The first-order chi connectivity index (χ1) is 9.16. The molecule has 0 fully saturated rings. The van der Waals surface area contributed by atoms with Gasteiger partial charge in [0.05, 0.1) is 0 Å². The minimum atomic E-state index is -3.81. The van der Waals surface area contributed by atoms with E-state index in [1.807, 2.05) is 27.7 Å². The van der Waals surface area contributed by atoms with Crippen molar-refractivity contribution in [1.82, 2.24) is 9.88 Å². The predicted molar refractivity (Wildman–Crippen MR) is 78.0 cm³/mol. The summed E-state index contributed by atoms with van der Waals surface area (Å²) in [6, 6.07) is 1.29. The lowest BCUT2D eigenvalue weighted by molar-refractivity contribution is 0.0937. The molecule has 0 aromatic carbocycles. The summed E-state index contributed by atoms with van der Waals surface area (Å²) in [4.78, 5) is 12.1. The molecule has 1 heterocycles. The number of primary sulfonamides is 1. The third-order valence-corrected chi connectivity index (χ3v) is 4.13. The van der Waals surface area contributed by atoms with E-state index >= 15 is 0 Å². The van der Waals surface area contributed by atoms with Crippen LogP contribution in [0.25, 0.3) is 0 Å². The first-order valence-corrected chi connectivity index (χ1v) is 8.24. The van der Waals surface area contributed by atoms with E-state index in [9.17, 15) is 13.2 Å². The van der Waals surface area contributed by atoms with Crippen LogP contribution in [0, 0.1) is 5.92 Å². The molecule has 1 unspecified atom stereocenters. The van der Waals surface area contributed by atoms with E-state index in [4.69, 9.17) is 5.14 Å². The lowest BCUT2D eigenvalue weighted by Crippen LogP contribution is -2.30. The Balaban J connectivity index is 3.04. The van der Waals surface area contributed by atoms with E-state index in [0.29, 0.717) is 18.2 Å². The molecule has 0 saturated heterocycles. The molecule has 0 aliphatic heterocycles. The number of rotatable bonds is 6. The Bertz CT molecular complexity index is 576. The maximum atomic E-state index is 12.2. The van der Waals surface area contributed by atoms with E-state index in [1.165, 1.54) is 12.3 Å². The lowest BCUT2D eigenvalue weighted by atomic mass is 10.1. The van der Waals surface area contributed by atoms with Crippen molar-refractivity contribution in [3.05, 3.63) is 18.0 Å². The molecule has 0 aliphatic carbocycles. The maximum absolute atomic E-state index is 12.2. The number of nitrogens with one attached hydrogen (secondary N) is 1. The molecular formula is C13H23N3O3S. The summed E-state index contributed by atoms with van der Waals surface area (Å²) in [5.41, 5.74) is 0.312. The highest BCUT2D eigenvalue weighted by Gasteiger charge is 2.20. The smallest absolute Gasteiger partial charge is 0.267 e. The molecule has 6 nitrogen and oxygen atoms in total. The Kier molecular flexibility index (Phi) is 5.35. The van der Waals surface area contributed by atoms with Gasteiger partial charge in [0.25, 0.3) is 5.91 Å². The Morgan fingerprint density at radius 1 is 1.40 bits per heavy atom. The molecule has 0 bridgehead atoms. The molecule has 0 saturated carbocycles. The topological polar surface area (TPSA) is 94.2 Å². The minimum absolute atomic E-state index is 0.0325. The molecular weight excluding hydrogens is 278 g/mol. The van der Waals surface area contributed by atoms with Crippen molar-refractivity contribution in [2.45, 2.75) is 45.1 Å². The minimum Gasteiger partial charge on any atom is -0.350 e. The third-order valence-electron chi connectivity index (χ3n) is 3.25. The van der Waals surface area contributed by atoms with Crippen LogP contribution in [-0.4, -0.2) is 25.4 Å². The van der Waals surface area contributed by atoms with Crippen LogP contribution < -0.4 is 10.5 Å². The average molecular weight is 301 g/mol. The van der Waals surface area contributed by atoms with Gasteiger partial charge in [0.1, 0.15) is 10.6 Å². The average Bonchev–Trinajstić information content (AvgIpc) is 2.80. The van der Waals surface area contributed by atoms with Crippen LogP contribution in [-0.2, 0) is 10.0 Å². The molecule has 1 aromatic rings. The van der Waals surface area contributed by atoms with Gasteiger partial charge in [-0.15, -0.1) is 0 Å². The van der Waals surface area contributed by atoms with Crippen molar-refractivity contribution in [3.63, 3.8) is 0 Å². The Hall–Kier alpha value is -1.34. The second-order valence-corrected chi connectivity index (χ2v) is 6.89. The van der Waals surface area contributed by atoms with Gasteiger partial charge in [0, 0.05) is 18.8 Å². The zero-order valence-corrected chi connectivity index (χ0v) is 13.2. The molecule has 1 amide bonds. The predicted octanol–water partition coefficient (Wildman–Crippen LogP) is 1.49. The van der Waals surface area contributed by atoms with Gasteiger partial charge < -0.3 is 9.88 Å². The number of sulfonamides is 1. The van der Waals surface area contributed by atoms with Crippen molar-refractivity contribution in [1.29, 1.82) is 0 Å². The van der Waals surface area contributed by atoms with Crippen LogP contribution >= 0.6 is 0 Å². The van der Waals surface area contributed by atoms with Crippen LogP contribution in [0.1, 0.15) is 50.6 Å². The van der Waals surface area contributed by atoms with Crippen LogP contribution in [0.15, 0.2) is 17.2 Å². The number of amides is 1. The van der Waals surface area contributed by atoms with Gasteiger partial charge in [-0.3, -0.25) is 4.79 Å². The van der Waals surface area contributed by atoms with Crippen LogP contribution in [0.3, 0.4) is 0 Å². The molecule has 1 rings (SSSR count). The fraction of sp³-hybridized carbons (Fsp3) is 0.615. The monoisotopic (exact) mass is 301 g/mol. The summed E-state index contributed by atoms with van der Waals surface area (Å²) in [5, 5.41) is 7.92. The summed E-state index contributed by atoms with van der Waals surface area (Å²) in [6.45, 7) is 8.39. The van der Waals surface area contributed by atoms with E-state index in [2.05, 4.69) is 5.32 Å². The number of hydrogen-bond donors (Lipinski definition) is 2. The Labute approximate surface area is 120 Å². The van der Waals surface area contributed by atoms with Gasteiger partial charge in [-0.2, -0.15) is 0 Å². The van der Waals surface area contributed by atoms with Crippen LogP contribution in [0.2, 0.25) is 0 Å². The number of nitrogens with two attached hydrogens (primary N) is 1. The van der Waals surface area contributed by atoms with Crippen molar-refractivity contribution >= 4 is 15.9 Å². The summed E-state index contributed by atoms with van der Waals surface area (Å²) in [6.07, 6.45) is 2.37. The van der Waals surface area contributed by atoms with Gasteiger partial charge >= 0.3 is 0 Å². The first kappa shape index (κ1) is 16.7. The standard InChI is InChI=1S/C13H23N3O3S/c1-5-10(4)7-15-13(17)12-6-11(20(14,18)19)8-16(12)9(2)3/h6,8-10H,5,7H2,1-4H3,(H,15,17)(H2,14,18,19). The van der Waals surface area contributed by atoms with Crippen molar-refractivity contribution in [2.75, 3.05) is 6.54 Å². The van der Waals surface area contributed by atoms with E-state index in [-0.39, 0.29) is 16.8 Å². The van der Waals surface area contributed by atoms with E-state index in [1.54, 1.807) is 4.57 Å². The van der Waals surface area contributed by atoms with Gasteiger partial charge in [0.15, 0.2) is 0 Å². The number of carbonyl (C=O) groups is 1. The van der Waals surface area contributed by atoms with Gasteiger partial charge in [-0.05, 0) is 25.8 Å². The molecule has 0 aliphatic rings. The van der Waals surface area contributed by atoms with Gasteiger partial charge in [0.2, 0.25) is 10.0 Å². The molecule has 0 spiro atoms. The fourth-order valence-corrected chi connectivity index (χ4v) is 2.26. The largest absolute Gasteiger partial charge is 0.350 e. The highest BCUT2D eigenvalue weighted by Crippen LogP contribution is 2.18. The number of nitrogens with zero attached hydrogens (tertiary/aromatic N) is 1. The highest BCUT2D eigenvalue weighted by molar-refractivity contribution is 7.89. The Morgan fingerprint density at radius 3 is 2.45 bits per heavy atom. The van der Waals surface area contributed by atoms with Gasteiger partial charge in [-0.1, -0.05) is 20.3 Å². The van der Waals surface area contributed by atoms with Crippen molar-refractivity contribution in [3.8, 4) is 0 Å². The van der Waals surface area contributed by atoms with Crippen molar-refractivity contribution < 1.29 is 13.2 Å². The summed E-state index contributed by atoms with van der Waals surface area (Å²) in [7, 11) is -3.81. The summed E-state index contributed by atoms with van der Waals surface area (Å²) in [5.74, 6) is 0.0908. The SMILES string of the molecule is CCC(C)CNC(=O)c1cc(S(N)(=O)=O)cn1C(C)C. The lowest BCUT2D eigenvalue weighted by Gasteiger charge is -2.14. The second-order valence-electron chi connectivity index (χ2n) is 5.33. The fourth-order valence-electron chi connectivity index (χ4n) is 1.72. The quantitative estimate of drug-likeness (QED) is 0.833. The second kappa shape index (κ2) is 6.41. The Morgan fingerprint density at radius 2 is 2.00 bits per heavy atom.